The lowest BCUT2D eigenvalue weighted by atomic mass is 9.77. The second-order valence-corrected chi connectivity index (χ2v) is 7.13. The molecule has 1 fully saturated rings. The SMILES string of the molecule is CC1(O)CC(Nc2ncc3c(-c4ccc5ncccc5n4)ccn3n2)C1. The van der Waals surface area contributed by atoms with E-state index in [0.29, 0.717) is 18.8 Å². The van der Waals surface area contributed by atoms with E-state index in [4.69, 9.17) is 4.98 Å². The molecule has 5 rings (SSSR count). The zero-order chi connectivity index (χ0) is 17.7. The zero-order valence-electron chi connectivity index (χ0n) is 14.3. The van der Waals surface area contributed by atoms with E-state index in [1.54, 1.807) is 16.9 Å². The molecule has 0 spiro atoms. The number of pyridine rings is 2. The van der Waals surface area contributed by atoms with Crippen molar-refractivity contribution in [1.82, 2.24) is 24.6 Å². The first-order chi connectivity index (χ1) is 12.6. The third-order valence-electron chi connectivity index (χ3n) is 4.85. The maximum atomic E-state index is 9.84. The number of fused-ring (bicyclic) bond motifs is 2. The highest BCUT2D eigenvalue weighted by Gasteiger charge is 2.38. The quantitative estimate of drug-likeness (QED) is 0.593. The van der Waals surface area contributed by atoms with Crippen LogP contribution >= 0.6 is 0 Å². The molecule has 0 radical (unpaired) electrons. The Morgan fingerprint density at radius 1 is 1.15 bits per heavy atom. The molecule has 4 heterocycles. The van der Waals surface area contributed by atoms with E-state index in [-0.39, 0.29) is 6.04 Å². The second kappa shape index (κ2) is 5.47. The van der Waals surface area contributed by atoms with Crippen LogP contribution in [0.2, 0.25) is 0 Å². The van der Waals surface area contributed by atoms with Gasteiger partial charge in [0.25, 0.3) is 0 Å². The first kappa shape index (κ1) is 15.2. The van der Waals surface area contributed by atoms with E-state index in [1.807, 2.05) is 43.5 Å². The number of hydrogen-bond donors (Lipinski definition) is 2. The number of aliphatic hydroxyl groups is 1. The third kappa shape index (κ3) is 2.57. The fourth-order valence-corrected chi connectivity index (χ4v) is 3.58. The van der Waals surface area contributed by atoms with E-state index >= 15 is 0 Å². The van der Waals surface area contributed by atoms with Crippen molar-refractivity contribution in [3.05, 3.63) is 48.9 Å². The van der Waals surface area contributed by atoms with E-state index < -0.39 is 5.60 Å². The first-order valence-electron chi connectivity index (χ1n) is 8.63. The maximum absolute atomic E-state index is 9.84. The van der Waals surface area contributed by atoms with Crippen molar-refractivity contribution >= 4 is 22.5 Å². The van der Waals surface area contributed by atoms with Crippen LogP contribution in [0, 0.1) is 0 Å². The summed E-state index contributed by atoms with van der Waals surface area (Å²) in [5.74, 6) is 0.566. The topological polar surface area (TPSA) is 88.2 Å². The summed E-state index contributed by atoms with van der Waals surface area (Å²) in [6.45, 7) is 1.85. The standard InChI is InChI=1S/C19H18N6O/c1-19(26)9-12(10-19)22-18-21-11-17-13(6-8-25(17)24-18)14-4-5-15-16(23-14)3-2-7-20-15/h2-8,11-12,26H,9-10H2,1H3,(H,22,24). The van der Waals surface area contributed by atoms with Crippen LogP contribution in [0.4, 0.5) is 5.95 Å². The van der Waals surface area contributed by atoms with Gasteiger partial charge < -0.3 is 10.4 Å². The molecule has 1 aliphatic carbocycles. The Morgan fingerprint density at radius 3 is 2.88 bits per heavy atom. The summed E-state index contributed by atoms with van der Waals surface area (Å²) in [6.07, 6.45) is 6.89. The van der Waals surface area contributed by atoms with Crippen molar-refractivity contribution in [1.29, 1.82) is 0 Å². The van der Waals surface area contributed by atoms with Crippen LogP contribution in [0.5, 0.6) is 0 Å². The van der Waals surface area contributed by atoms with Gasteiger partial charge in [0, 0.05) is 24.0 Å². The molecule has 0 aromatic carbocycles. The van der Waals surface area contributed by atoms with E-state index in [0.717, 1.165) is 27.8 Å². The second-order valence-electron chi connectivity index (χ2n) is 7.13. The smallest absolute Gasteiger partial charge is 0.241 e. The van der Waals surface area contributed by atoms with Crippen LogP contribution in [0.3, 0.4) is 0 Å². The molecule has 130 valence electrons. The fourth-order valence-electron chi connectivity index (χ4n) is 3.58. The summed E-state index contributed by atoms with van der Waals surface area (Å²) < 4.78 is 1.80. The van der Waals surface area contributed by atoms with Crippen LogP contribution in [0.1, 0.15) is 19.8 Å². The molecule has 4 aromatic rings. The molecule has 0 unspecified atom stereocenters. The molecule has 0 bridgehead atoms. The molecule has 0 aliphatic heterocycles. The lowest BCUT2D eigenvalue weighted by Crippen LogP contribution is -2.48. The van der Waals surface area contributed by atoms with Crippen LogP contribution in [0.25, 0.3) is 27.8 Å². The van der Waals surface area contributed by atoms with Gasteiger partial charge in [-0.15, -0.1) is 5.10 Å². The molecule has 1 saturated carbocycles. The summed E-state index contributed by atoms with van der Waals surface area (Å²) in [6, 6.07) is 9.98. The summed E-state index contributed by atoms with van der Waals surface area (Å²) in [4.78, 5) is 13.4. The molecule has 7 heteroatoms. The lowest BCUT2D eigenvalue weighted by molar-refractivity contribution is -0.0236. The maximum Gasteiger partial charge on any atom is 0.241 e. The van der Waals surface area contributed by atoms with Crippen LogP contribution in [-0.4, -0.2) is 41.3 Å². The number of nitrogens with zero attached hydrogens (tertiary/aromatic N) is 5. The Labute approximate surface area is 149 Å². The van der Waals surface area contributed by atoms with Crippen LogP contribution in [-0.2, 0) is 0 Å². The molecule has 26 heavy (non-hydrogen) atoms. The number of nitrogens with one attached hydrogen (secondary N) is 1. The average Bonchev–Trinajstić information content (AvgIpc) is 3.03. The summed E-state index contributed by atoms with van der Waals surface area (Å²) in [5, 5.41) is 17.6. The lowest BCUT2D eigenvalue weighted by Gasteiger charge is -2.41. The average molecular weight is 346 g/mol. The number of hydrogen-bond acceptors (Lipinski definition) is 6. The zero-order valence-corrected chi connectivity index (χ0v) is 14.3. The minimum atomic E-state index is -0.570. The van der Waals surface area contributed by atoms with Crippen molar-refractivity contribution in [3.8, 4) is 11.3 Å². The van der Waals surface area contributed by atoms with Crippen molar-refractivity contribution in [2.45, 2.75) is 31.4 Å². The summed E-state index contributed by atoms with van der Waals surface area (Å²) in [5.41, 5.74) is 3.91. The molecule has 0 saturated heterocycles. The van der Waals surface area contributed by atoms with Gasteiger partial charge in [0.05, 0.1) is 34.0 Å². The fraction of sp³-hybridized carbons (Fsp3) is 0.263. The summed E-state index contributed by atoms with van der Waals surface area (Å²) in [7, 11) is 0. The Morgan fingerprint density at radius 2 is 2.04 bits per heavy atom. The highest BCUT2D eigenvalue weighted by Crippen LogP contribution is 2.33. The van der Waals surface area contributed by atoms with Crippen molar-refractivity contribution in [3.63, 3.8) is 0 Å². The molecule has 2 N–H and O–H groups in total. The molecule has 0 amide bonds. The molecule has 4 aromatic heterocycles. The minimum absolute atomic E-state index is 0.215. The van der Waals surface area contributed by atoms with Crippen molar-refractivity contribution in [2.75, 3.05) is 5.32 Å². The Balaban J connectivity index is 1.47. The third-order valence-corrected chi connectivity index (χ3v) is 4.85. The van der Waals surface area contributed by atoms with Gasteiger partial charge in [-0.3, -0.25) is 4.98 Å². The van der Waals surface area contributed by atoms with Gasteiger partial charge in [-0.25, -0.2) is 14.5 Å². The van der Waals surface area contributed by atoms with Gasteiger partial charge in [-0.05, 0) is 50.1 Å². The first-order valence-corrected chi connectivity index (χ1v) is 8.63. The Hall–Kier alpha value is -3.06. The van der Waals surface area contributed by atoms with Gasteiger partial charge in [0.1, 0.15) is 0 Å². The normalized spacial score (nSPS) is 22.5. The largest absolute Gasteiger partial charge is 0.390 e. The van der Waals surface area contributed by atoms with E-state index in [9.17, 15) is 5.11 Å². The van der Waals surface area contributed by atoms with Crippen LogP contribution in [0.15, 0.2) is 48.9 Å². The molecular weight excluding hydrogens is 328 g/mol. The van der Waals surface area contributed by atoms with Gasteiger partial charge in [-0.2, -0.15) is 0 Å². The molecule has 7 nitrogen and oxygen atoms in total. The monoisotopic (exact) mass is 346 g/mol. The predicted octanol–water partition coefficient (Wildman–Crippen LogP) is 2.66. The predicted molar refractivity (Wildman–Crippen MR) is 98.8 cm³/mol. The molecule has 1 aliphatic rings. The van der Waals surface area contributed by atoms with E-state index in [1.165, 1.54) is 0 Å². The van der Waals surface area contributed by atoms with Crippen molar-refractivity contribution < 1.29 is 5.11 Å². The molecular formula is C19H18N6O. The summed E-state index contributed by atoms with van der Waals surface area (Å²) >= 11 is 0. The van der Waals surface area contributed by atoms with E-state index in [2.05, 4.69) is 20.4 Å². The number of rotatable bonds is 3. The molecule has 0 atom stereocenters. The van der Waals surface area contributed by atoms with Gasteiger partial charge >= 0.3 is 0 Å². The highest BCUT2D eigenvalue weighted by atomic mass is 16.3. The van der Waals surface area contributed by atoms with Gasteiger partial charge in [0.2, 0.25) is 5.95 Å². The minimum Gasteiger partial charge on any atom is -0.390 e. The highest BCUT2D eigenvalue weighted by molar-refractivity contribution is 5.83. The van der Waals surface area contributed by atoms with Gasteiger partial charge in [-0.1, -0.05) is 0 Å². The number of aromatic nitrogens is 5. The van der Waals surface area contributed by atoms with Crippen LogP contribution < -0.4 is 5.32 Å². The van der Waals surface area contributed by atoms with Crippen molar-refractivity contribution in [2.24, 2.45) is 0 Å². The van der Waals surface area contributed by atoms with Gasteiger partial charge in [0.15, 0.2) is 0 Å². The number of anilines is 1. The Bertz CT molecular complexity index is 1110. The Kier molecular flexibility index (Phi) is 3.20.